The van der Waals surface area contributed by atoms with Crippen molar-refractivity contribution in [2.45, 2.75) is 77.0 Å². The Balaban J connectivity index is 1.66. The van der Waals surface area contributed by atoms with E-state index in [1.165, 1.54) is 17.3 Å². The van der Waals surface area contributed by atoms with Gasteiger partial charge in [0, 0.05) is 49.5 Å². The van der Waals surface area contributed by atoms with Crippen LogP contribution in [0.5, 0.6) is 0 Å². The maximum absolute atomic E-state index is 12.8. The van der Waals surface area contributed by atoms with E-state index in [0.29, 0.717) is 12.3 Å². The Morgan fingerprint density at radius 3 is 2.50 bits per heavy atom. The average Bonchev–Trinajstić information content (AvgIpc) is 3.18. The highest BCUT2D eigenvalue weighted by Crippen LogP contribution is 2.29. The molecule has 1 fully saturated rings. The van der Waals surface area contributed by atoms with Crippen LogP contribution in [0.4, 0.5) is 0 Å². The van der Waals surface area contributed by atoms with Crippen LogP contribution < -0.4 is 5.69 Å². The van der Waals surface area contributed by atoms with E-state index in [1.54, 1.807) is 0 Å². The largest absolute Gasteiger partial charge is 0.379 e. The van der Waals surface area contributed by atoms with Crippen molar-refractivity contribution in [3.63, 3.8) is 0 Å². The molecule has 1 aliphatic carbocycles. The van der Waals surface area contributed by atoms with Gasteiger partial charge in [-0.1, -0.05) is 11.8 Å². The fourth-order valence-corrected chi connectivity index (χ4v) is 5.54. The number of morpholine rings is 1. The summed E-state index contributed by atoms with van der Waals surface area (Å²) in [6.07, 6.45) is 3.86. The Bertz CT molecular complexity index is 779. The molecule has 0 saturated carbocycles. The van der Waals surface area contributed by atoms with Crippen LogP contribution in [0.2, 0.25) is 0 Å². The summed E-state index contributed by atoms with van der Waals surface area (Å²) in [7, 11) is 0. The molecule has 0 bridgehead atoms. The summed E-state index contributed by atoms with van der Waals surface area (Å²) in [4.78, 5) is 34.2. The lowest BCUT2D eigenvalue weighted by Gasteiger charge is -2.30. The number of fused-ring (bicyclic) bond motifs is 1. The molecule has 7 nitrogen and oxygen atoms in total. The molecule has 0 unspecified atom stereocenters. The van der Waals surface area contributed by atoms with Gasteiger partial charge in [-0.2, -0.15) is 4.98 Å². The summed E-state index contributed by atoms with van der Waals surface area (Å²) in [6, 6.07) is 0.326. The van der Waals surface area contributed by atoms with Crippen molar-refractivity contribution in [1.29, 1.82) is 0 Å². The second-order valence-corrected chi connectivity index (χ2v) is 9.68. The van der Waals surface area contributed by atoms with E-state index in [-0.39, 0.29) is 23.7 Å². The lowest BCUT2D eigenvalue weighted by molar-refractivity contribution is -0.131. The highest BCUT2D eigenvalue weighted by Gasteiger charge is 2.25. The highest BCUT2D eigenvalue weighted by molar-refractivity contribution is 7.99. The molecule has 1 saturated heterocycles. The summed E-state index contributed by atoms with van der Waals surface area (Å²) in [5.41, 5.74) is 2.15. The first-order chi connectivity index (χ1) is 14.4. The Morgan fingerprint density at radius 2 is 1.83 bits per heavy atom. The van der Waals surface area contributed by atoms with E-state index in [4.69, 9.17) is 4.74 Å². The standard InChI is InChI=1S/C22H36N4O3S/c1-16(2)26(17(3)4)20(27)15-30-21-18-7-5-8-19(18)25(22(28)23-21)10-6-9-24-11-13-29-14-12-24/h16-17H,5-15H2,1-4H3. The lowest BCUT2D eigenvalue weighted by atomic mass is 10.2. The molecule has 1 aromatic heterocycles. The van der Waals surface area contributed by atoms with Gasteiger partial charge in [-0.3, -0.25) is 14.3 Å². The van der Waals surface area contributed by atoms with Crippen LogP contribution in [-0.2, 0) is 28.9 Å². The molecule has 0 N–H and O–H groups in total. The number of carbonyl (C=O) groups is 1. The summed E-state index contributed by atoms with van der Waals surface area (Å²) >= 11 is 1.43. The lowest BCUT2D eigenvalue weighted by Crippen LogP contribution is -2.43. The molecule has 0 atom stereocenters. The van der Waals surface area contributed by atoms with E-state index >= 15 is 0 Å². The van der Waals surface area contributed by atoms with Gasteiger partial charge in [0.1, 0.15) is 5.03 Å². The van der Waals surface area contributed by atoms with Crippen LogP contribution in [0, 0.1) is 0 Å². The topological polar surface area (TPSA) is 67.7 Å². The van der Waals surface area contributed by atoms with Gasteiger partial charge >= 0.3 is 5.69 Å². The molecule has 1 amide bonds. The molecule has 3 rings (SSSR count). The smallest absolute Gasteiger partial charge is 0.348 e. The minimum Gasteiger partial charge on any atom is -0.379 e. The second kappa shape index (κ2) is 10.8. The van der Waals surface area contributed by atoms with Gasteiger partial charge < -0.3 is 9.64 Å². The number of rotatable bonds is 9. The molecule has 2 aliphatic rings. The van der Waals surface area contributed by atoms with Crippen molar-refractivity contribution in [1.82, 2.24) is 19.4 Å². The maximum atomic E-state index is 12.8. The Labute approximate surface area is 184 Å². The van der Waals surface area contributed by atoms with Gasteiger partial charge in [-0.25, -0.2) is 4.79 Å². The second-order valence-electron chi connectivity index (χ2n) is 8.71. The zero-order valence-corrected chi connectivity index (χ0v) is 19.7. The number of carbonyl (C=O) groups excluding carboxylic acids is 1. The van der Waals surface area contributed by atoms with E-state index < -0.39 is 0 Å². The Kier molecular flexibility index (Phi) is 8.36. The van der Waals surface area contributed by atoms with Gasteiger partial charge in [-0.15, -0.1) is 0 Å². The molecule has 0 aromatic carbocycles. The number of hydrogen-bond donors (Lipinski definition) is 0. The fourth-order valence-electron chi connectivity index (χ4n) is 4.59. The van der Waals surface area contributed by atoms with E-state index in [0.717, 1.165) is 69.3 Å². The van der Waals surface area contributed by atoms with Crippen LogP contribution >= 0.6 is 11.8 Å². The minimum atomic E-state index is -0.169. The zero-order chi connectivity index (χ0) is 21.7. The molecule has 8 heteroatoms. The van der Waals surface area contributed by atoms with Crippen LogP contribution in [-0.4, -0.2) is 75.9 Å². The third kappa shape index (κ3) is 5.65. The van der Waals surface area contributed by atoms with Crippen molar-refractivity contribution in [3.8, 4) is 0 Å². The molecule has 30 heavy (non-hydrogen) atoms. The summed E-state index contributed by atoms with van der Waals surface area (Å²) < 4.78 is 7.28. The van der Waals surface area contributed by atoms with Crippen molar-refractivity contribution in [2.75, 3.05) is 38.6 Å². The van der Waals surface area contributed by atoms with Crippen LogP contribution in [0.3, 0.4) is 0 Å². The van der Waals surface area contributed by atoms with Crippen LogP contribution in [0.1, 0.15) is 51.8 Å². The number of hydrogen-bond acceptors (Lipinski definition) is 6. The van der Waals surface area contributed by atoms with Crippen LogP contribution in [0.15, 0.2) is 9.82 Å². The summed E-state index contributed by atoms with van der Waals surface area (Å²) in [5, 5.41) is 0.762. The minimum absolute atomic E-state index is 0.105. The Hall–Kier alpha value is -1.38. The molecular formula is C22H36N4O3S. The quantitative estimate of drug-likeness (QED) is 0.437. The normalized spacial score (nSPS) is 17.0. The van der Waals surface area contributed by atoms with Crippen molar-refractivity contribution in [3.05, 3.63) is 21.7 Å². The van der Waals surface area contributed by atoms with Gasteiger partial charge in [0.15, 0.2) is 0 Å². The van der Waals surface area contributed by atoms with Crippen molar-refractivity contribution < 1.29 is 9.53 Å². The molecule has 0 radical (unpaired) electrons. The first kappa shape index (κ1) is 23.3. The number of ether oxygens (including phenoxy) is 1. The molecule has 1 aromatic rings. The average molecular weight is 437 g/mol. The van der Waals surface area contributed by atoms with E-state index in [9.17, 15) is 9.59 Å². The van der Waals surface area contributed by atoms with Gasteiger partial charge in [0.05, 0.1) is 19.0 Å². The number of nitrogens with zero attached hydrogens (tertiary/aromatic N) is 4. The third-order valence-corrected chi connectivity index (χ3v) is 6.90. The summed E-state index contributed by atoms with van der Waals surface area (Å²) in [6.45, 7) is 13.4. The van der Waals surface area contributed by atoms with Gasteiger partial charge in [0.25, 0.3) is 0 Å². The number of amides is 1. The van der Waals surface area contributed by atoms with Crippen molar-refractivity contribution >= 4 is 17.7 Å². The van der Waals surface area contributed by atoms with Crippen molar-refractivity contribution in [2.24, 2.45) is 0 Å². The first-order valence-electron chi connectivity index (χ1n) is 11.2. The number of thioether (sulfide) groups is 1. The van der Waals surface area contributed by atoms with Crippen LogP contribution in [0.25, 0.3) is 0 Å². The zero-order valence-electron chi connectivity index (χ0n) is 18.9. The third-order valence-electron chi connectivity index (χ3n) is 5.89. The molecule has 1 aliphatic heterocycles. The maximum Gasteiger partial charge on any atom is 0.348 e. The highest BCUT2D eigenvalue weighted by atomic mass is 32.2. The number of aromatic nitrogens is 2. The first-order valence-corrected chi connectivity index (χ1v) is 12.2. The van der Waals surface area contributed by atoms with E-state index in [1.807, 2.05) is 37.2 Å². The molecule has 168 valence electrons. The molecule has 2 heterocycles. The molecular weight excluding hydrogens is 400 g/mol. The fraction of sp³-hybridized carbons (Fsp3) is 0.773. The molecule has 0 spiro atoms. The van der Waals surface area contributed by atoms with Gasteiger partial charge in [0.2, 0.25) is 5.91 Å². The predicted molar refractivity (Wildman–Crippen MR) is 120 cm³/mol. The Morgan fingerprint density at radius 1 is 1.13 bits per heavy atom. The monoisotopic (exact) mass is 436 g/mol. The predicted octanol–water partition coefficient (Wildman–Crippen LogP) is 2.19. The van der Waals surface area contributed by atoms with E-state index in [2.05, 4.69) is 9.88 Å². The summed E-state index contributed by atoms with van der Waals surface area (Å²) in [5.74, 6) is 0.434. The SMILES string of the molecule is CC(C)N(C(=O)CSc1nc(=O)n(CCCN2CCOCC2)c2c1CCC2)C(C)C. The van der Waals surface area contributed by atoms with Gasteiger partial charge in [-0.05, 0) is 53.4 Å².